The molecule has 0 atom stereocenters. The number of aliphatic carboxylic acids is 1. The molecule has 1 heterocycles. The number of Topliss-reactive ketones (excluding diaryl/α,β-unsaturated/α-hetero) is 1. The van der Waals surface area contributed by atoms with Crippen LogP contribution in [0.15, 0.2) is 42.6 Å². The maximum atomic E-state index is 13.1. The zero-order valence-electron chi connectivity index (χ0n) is 12.3. The van der Waals surface area contributed by atoms with Crippen molar-refractivity contribution in [1.29, 1.82) is 0 Å². The lowest BCUT2D eigenvalue weighted by atomic mass is 10.1. The molecule has 0 aliphatic carbocycles. The molecule has 0 amide bonds. The zero-order valence-corrected chi connectivity index (χ0v) is 12.3. The van der Waals surface area contributed by atoms with Gasteiger partial charge < -0.3 is 10.1 Å². The van der Waals surface area contributed by atoms with E-state index in [-0.39, 0.29) is 11.1 Å². The van der Waals surface area contributed by atoms with Crippen molar-refractivity contribution in [3.05, 3.63) is 65.2 Å². The van der Waals surface area contributed by atoms with E-state index in [1.165, 1.54) is 36.5 Å². The summed E-state index contributed by atoms with van der Waals surface area (Å²) in [5, 5.41) is 8.41. The third-order valence-electron chi connectivity index (χ3n) is 3.08. The Morgan fingerprint density at radius 1 is 1.12 bits per heavy atom. The molecule has 0 spiro atoms. The number of nitrogens with one attached hydrogen (secondary N) is 1. The Hall–Kier alpha value is -3.35. The molecule has 1 aromatic heterocycles. The predicted molar refractivity (Wildman–Crippen MR) is 81.9 cm³/mol. The number of H-pyrrole nitrogens is 1. The van der Waals surface area contributed by atoms with Crippen LogP contribution >= 0.6 is 0 Å². The topological polar surface area (TPSA) is 104 Å². The number of allylic oxidation sites excluding steroid dienone is 1. The van der Waals surface area contributed by atoms with E-state index in [1.807, 2.05) is 0 Å². The van der Waals surface area contributed by atoms with Crippen LogP contribution in [0.4, 0.5) is 4.39 Å². The quantitative estimate of drug-likeness (QED) is 0.350. The summed E-state index contributed by atoms with van der Waals surface area (Å²) in [4.78, 5) is 47.6. The summed E-state index contributed by atoms with van der Waals surface area (Å²) in [6.45, 7) is 0. The first-order valence-corrected chi connectivity index (χ1v) is 6.82. The van der Waals surface area contributed by atoms with E-state index in [4.69, 9.17) is 5.11 Å². The van der Waals surface area contributed by atoms with Crippen molar-refractivity contribution in [3.63, 3.8) is 0 Å². The zero-order chi connectivity index (χ0) is 17.7. The second kappa shape index (κ2) is 7.28. The van der Waals surface area contributed by atoms with E-state index in [9.17, 15) is 23.6 Å². The highest BCUT2D eigenvalue weighted by molar-refractivity contribution is 6.37. The SMILES string of the molecule is O=C(/C=C/c1cc(C(=O)c2cccc(F)c2)c[nH]1)CC(=O)C(=O)O. The van der Waals surface area contributed by atoms with Crippen LogP contribution in [-0.4, -0.2) is 33.4 Å². The standard InChI is InChI=1S/C17H12FNO5/c18-12-3-1-2-10(6-12)16(22)11-7-13(19-9-11)4-5-14(20)8-15(21)17(23)24/h1-7,9,19H,8H2,(H,23,24)/b5-4+. The Labute approximate surface area is 135 Å². The third-order valence-corrected chi connectivity index (χ3v) is 3.08. The monoisotopic (exact) mass is 329 g/mol. The lowest BCUT2D eigenvalue weighted by Crippen LogP contribution is -2.15. The molecule has 24 heavy (non-hydrogen) atoms. The Bertz CT molecular complexity index is 850. The largest absolute Gasteiger partial charge is 0.475 e. The fourth-order valence-corrected chi connectivity index (χ4v) is 1.91. The summed E-state index contributed by atoms with van der Waals surface area (Å²) in [7, 11) is 0. The summed E-state index contributed by atoms with van der Waals surface area (Å²) in [5.74, 6) is -4.45. The molecule has 2 rings (SSSR count). The van der Waals surface area contributed by atoms with Crippen molar-refractivity contribution in [3.8, 4) is 0 Å². The minimum atomic E-state index is -1.67. The number of aromatic amines is 1. The molecule has 0 saturated carbocycles. The van der Waals surface area contributed by atoms with Gasteiger partial charge in [0.15, 0.2) is 11.6 Å². The van der Waals surface area contributed by atoms with Crippen molar-refractivity contribution in [2.24, 2.45) is 0 Å². The average molecular weight is 329 g/mol. The van der Waals surface area contributed by atoms with Crippen LogP contribution in [0.2, 0.25) is 0 Å². The Kier molecular flexibility index (Phi) is 5.16. The molecule has 0 saturated heterocycles. The predicted octanol–water partition coefficient (Wildman–Crippen LogP) is 2.01. The van der Waals surface area contributed by atoms with Gasteiger partial charge in [0, 0.05) is 23.0 Å². The summed E-state index contributed by atoms with van der Waals surface area (Å²) in [5.41, 5.74) is 0.868. The van der Waals surface area contributed by atoms with E-state index < -0.39 is 35.6 Å². The minimum absolute atomic E-state index is 0.188. The van der Waals surface area contributed by atoms with Crippen LogP contribution < -0.4 is 0 Å². The van der Waals surface area contributed by atoms with Crippen LogP contribution in [0.3, 0.4) is 0 Å². The summed E-state index contributed by atoms with van der Waals surface area (Å²) in [6, 6.07) is 6.71. The number of carbonyl (C=O) groups is 4. The van der Waals surface area contributed by atoms with Crippen molar-refractivity contribution in [2.75, 3.05) is 0 Å². The number of hydrogen-bond donors (Lipinski definition) is 2. The molecule has 0 unspecified atom stereocenters. The first-order valence-electron chi connectivity index (χ1n) is 6.82. The van der Waals surface area contributed by atoms with E-state index in [0.717, 1.165) is 12.1 Å². The number of benzene rings is 1. The molecule has 1 aromatic carbocycles. The fourth-order valence-electron chi connectivity index (χ4n) is 1.91. The van der Waals surface area contributed by atoms with Gasteiger partial charge in [-0.2, -0.15) is 0 Å². The lowest BCUT2D eigenvalue weighted by molar-refractivity contribution is -0.149. The first-order chi connectivity index (χ1) is 11.4. The molecule has 2 aromatic rings. The van der Waals surface area contributed by atoms with Gasteiger partial charge in [0.25, 0.3) is 0 Å². The lowest BCUT2D eigenvalue weighted by Gasteiger charge is -1.97. The highest BCUT2D eigenvalue weighted by Gasteiger charge is 2.15. The Balaban J connectivity index is 2.06. The number of carbonyl (C=O) groups excluding carboxylic acids is 3. The van der Waals surface area contributed by atoms with Gasteiger partial charge in [-0.3, -0.25) is 14.4 Å². The van der Waals surface area contributed by atoms with Gasteiger partial charge in [-0.1, -0.05) is 12.1 Å². The molecule has 6 nitrogen and oxygen atoms in total. The molecule has 0 radical (unpaired) electrons. The number of aromatic nitrogens is 1. The molecule has 122 valence electrons. The smallest absolute Gasteiger partial charge is 0.372 e. The second-order valence-electron chi connectivity index (χ2n) is 4.89. The molecule has 0 aliphatic rings. The van der Waals surface area contributed by atoms with E-state index >= 15 is 0 Å². The number of carboxylic acid groups (broad SMARTS) is 1. The van der Waals surface area contributed by atoms with Crippen molar-refractivity contribution >= 4 is 29.4 Å². The number of ketones is 3. The van der Waals surface area contributed by atoms with Gasteiger partial charge in [-0.15, -0.1) is 0 Å². The molecule has 0 fully saturated rings. The molecule has 0 bridgehead atoms. The van der Waals surface area contributed by atoms with Crippen LogP contribution in [0.1, 0.15) is 28.0 Å². The Morgan fingerprint density at radius 3 is 2.54 bits per heavy atom. The summed E-state index contributed by atoms with van der Waals surface area (Å²) in [6.07, 6.45) is 3.03. The number of hydrogen-bond acceptors (Lipinski definition) is 4. The van der Waals surface area contributed by atoms with E-state index in [1.54, 1.807) is 0 Å². The van der Waals surface area contributed by atoms with Gasteiger partial charge in [0.05, 0.1) is 6.42 Å². The molecule has 7 heteroatoms. The number of carboxylic acids is 1. The van der Waals surface area contributed by atoms with Crippen molar-refractivity contribution < 1.29 is 28.7 Å². The van der Waals surface area contributed by atoms with Crippen molar-refractivity contribution in [1.82, 2.24) is 4.98 Å². The Morgan fingerprint density at radius 2 is 1.88 bits per heavy atom. The minimum Gasteiger partial charge on any atom is -0.475 e. The maximum absolute atomic E-state index is 13.1. The summed E-state index contributed by atoms with van der Waals surface area (Å²) < 4.78 is 13.1. The first kappa shape index (κ1) is 17.0. The van der Waals surface area contributed by atoms with Gasteiger partial charge >= 0.3 is 5.97 Å². The molecular weight excluding hydrogens is 317 g/mol. The number of halogens is 1. The summed E-state index contributed by atoms with van der Waals surface area (Å²) >= 11 is 0. The van der Waals surface area contributed by atoms with Gasteiger partial charge in [-0.25, -0.2) is 9.18 Å². The molecule has 2 N–H and O–H groups in total. The average Bonchev–Trinajstić information content (AvgIpc) is 3.01. The van der Waals surface area contributed by atoms with E-state index in [0.29, 0.717) is 5.69 Å². The maximum Gasteiger partial charge on any atom is 0.372 e. The third kappa shape index (κ3) is 4.33. The van der Waals surface area contributed by atoms with Crippen LogP contribution in [0.25, 0.3) is 6.08 Å². The van der Waals surface area contributed by atoms with Crippen LogP contribution in [-0.2, 0) is 14.4 Å². The van der Waals surface area contributed by atoms with Crippen molar-refractivity contribution in [2.45, 2.75) is 6.42 Å². The fraction of sp³-hybridized carbons (Fsp3) is 0.0588. The number of rotatable bonds is 7. The van der Waals surface area contributed by atoms with Gasteiger partial charge in [0.2, 0.25) is 5.78 Å². The highest BCUT2D eigenvalue weighted by atomic mass is 19.1. The molecular formula is C17H12FNO5. The highest BCUT2D eigenvalue weighted by Crippen LogP contribution is 2.13. The normalized spacial score (nSPS) is 10.7. The van der Waals surface area contributed by atoms with Crippen LogP contribution in [0, 0.1) is 5.82 Å². The second-order valence-corrected chi connectivity index (χ2v) is 4.89. The van der Waals surface area contributed by atoms with Gasteiger partial charge in [0.1, 0.15) is 5.82 Å². The van der Waals surface area contributed by atoms with E-state index in [2.05, 4.69) is 4.98 Å². The molecule has 0 aliphatic heterocycles. The van der Waals surface area contributed by atoms with Crippen LogP contribution in [0.5, 0.6) is 0 Å². The van der Waals surface area contributed by atoms with Gasteiger partial charge in [-0.05, 0) is 30.4 Å².